The number of rotatable bonds is 1. The van der Waals surface area contributed by atoms with Gasteiger partial charge < -0.3 is 10.1 Å². The van der Waals surface area contributed by atoms with Crippen LogP contribution in [0.1, 0.15) is 22.2 Å². The Labute approximate surface area is 64.4 Å². The van der Waals surface area contributed by atoms with Gasteiger partial charge >= 0.3 is 0 Å². The summed E-state index contributed by atoms with van der Waals surface area (Å²) < 4.78 is 5.66. The van der Waals surface area contributed by atoms with Crippen LogP contribution in [0.3, 0.4) is 0 Å². The molecule has 2 nitrogen and oxygen atoms in total. The standard InChI is InChI=1S/C8H17NO.H2/c1-7(2)8(3)6-9-4-5-10-8;/h7,9H,4-6H2,1-3H3;1H. The number of hydrogen-bond acceptors (Lipinski definition) is 2. The molecule has 1 fully saturated rings. The largest absolute Gasteiger partial charge is 0.372 e. The summed E-state index contributed by atoms with van der Waals surface area (Å²) >= 11 is 0. The Hall–Kier alpha value is -0.0800. The predicted molar refractivity (Wildman–Crippen MR) is 44.2 cm³/mol. The van der Waals surface area contributed by atoms with Crippen molar-refractivity contribution in [1.82, 2.24) is 5.32 Å². The van der Waals surface area contributed by atoms with Gasteiger partial charge in [-0.1, -0.05) is 13.8 Å². The minimum atomic E-state index is 0. The third-order valence-corrected chi connectivity index (χ3v) is 2.41. The van der Waals surface area contributed by atoms with Gasteiger partial charge in [0.05, 0.1) is 12.2 Å². The van der Waals surface area contributed by atoms with Gasteiger partial charge in [0, 0.05) is 14.5 Å². The maximum absolute atomic E-state index is 5.66. The van der Waals surface area contributed by atoms with E-state index < -0.39 is 0 Å². The molecule has 62 valence electrons. The van der Waals surface area contributed by atoms with Crippen molar-refractivity contribution in [3.8, 4) is 0 Å². The van der Waals surface area contributed by atoms with Crippen LogP contribution >= 0.6 is 0 Å². The van der Waals surface area contributed by atoms with E-state index in [-0.39, 0.29) is 7.03 Å². The van der Waals surface area contributed by atoms with E-state index in [4.69, 9.17) is 4.74 Å². The fourth-order valence-corrected chi connectivity index (χ4v) is 1.11. The predicted octanol–water partition coefficient (Wildman–Crippen LogP) is 1.27. The Kier molecular flexibility index (Phi) is 2.32. The molecule has 0 aliphatic carbocycles. The fourth-order valence-electron chi connectivity index (χ4n) is 1.11. The maximum atomic E-state index is 5.66. The first kappa shape index (κ1) is 8.02. The van der Waals surface area contributed by atoms with Crippen LogP contribution in [0.25, 0.3) is 0 Å². The summed E-state index contributed by atoms with van der Waals surface area (Å²) in [6.07, 6.45) is 0. The molecule has 2 heteroatoms. The summed E-state index contributed by atoms with van der Waals surface area (Å²) in [6.45, 7) is 9.42. The lowest BCUT2D eigenvalue weighted by atomic mass is 9.91. The van der Waals surface area contributed by atoms with Gasteiger partial charge in [-0.2, -0.15) is 0 Å². The minimum Gasteiger partial charge on any atom is -0.372 e. The Bertz CT molecular complexity index is 111. The zero-order chi connectivity index (χ0) is 7.61. The molecule has 0 aromatic carbocycles. The second-order valence-electron chi connectivity index (χ2n) is 3.49. The highest BCUT2D eigenvalue weighted by molar-refractivity contribution is 4.84. The average Bonchev–Trinajstić information content (AvgIpc) is 1.89. The van der Waals surface area contributed by atoms with E-state index in [1.54, 1.807) is 0 Å². The third-order valence-electron chi connectivity index (χ3n) is 2.41. The zero-order valence-electron chi connectivity index (χ0n) is 7.11. The Morgan fingerprint density at radius 2 is 2.30 bits per heavy atom. The van der Waals surface area contributed by atoms with Crippen molar-refractivity contribution in [3.63, 3.8) is 0 Å². The van der Waals surface area contributed by atoms with Crippen molar-refractivity contribution in [2.75, 3.05) is 19.7 Å². The van der Waals surface area contributed by atoms with Crippen LogP contribution < -0.4 is 5.32 Å². The molecule has 0 saturated carbocycles. The molecule has 1 unspecified atom stereocenters. The van der Waals surface area contributed by atoms with Gasteiger partial charge in [-0.15, -0.1) is 0 Å². The Balaban J connectivity index is 0.000001000. The summed E-state index contributed by atoms with van der Waals surface area (Å²) in [7, 11) is 0. The zero-order valence-corrected chi connectivity index (χ0v) is 7.11. The number of hydrogen-bond donors (Lipinski definition) is 1. The second-order valence-corrected chi connectivity index (χ2v) is 3.49. The molecule has 1 atom stereocenters. The fraction of sp³-hybridized carbons (Fsp3) is 1.00. The summed E-state index contributed by atoms with van der Waals surface area (Å²) in [5.74, 6) is 0.597. The molecule has 1 N–H and O–H groups in total. The van der Waals surface area contributed by atoms with Crippen LogP contribution in [-0.4, -0.2) is 25.3 Å². The number of nitrogens with one attached hydrogen (secondary N) is 1. The molecule has 1 aliphatic rings. The van der Waals surface area contributed by atoms with Crippen LogP contribution in [0.4, 0.5) is 0 Å². The number of morpholine rings is 1. The van der Waals surface area contributed by atoms with Crippen LogP contribution in [-0.2, 0) is 4.74 Å². The summed E-state index contributed by atoms with van der Waals surface area (Å²) in [5.41, 5.74) is 0.0677. The lowest BCUT2D eigenvalue weighted by molar-refractivity contribution is -0.0823. The van der Waals surface area contributed by atoms with E-state index >= 15 is 0 Å². The molecule has 1 rings (SSSR count). The minimum absolute atomic E-state index is 0. The van der Waals surface area contributed by atoms with Crippen LogP contribution in [0.5, 0.6) is 0 Å². The van der Waals surface area contributed by atoms with Crippen molar-refractivity contribution in [3.05, 3.63) is 0 Å². The highest BCUT2D eigenvalue weighted by Gasteiger charge is 2.30. The molecule has 1 aliphatic heterocycles. The first-order valence-electron chi connectivity index (χ1n) is 4.00. The van der Waals surface area contributed by atoms with E-state index in [9.17, 15) is 0 Å². The van der Waals surface area contributed by atoms with Crippen LogP contribution in [0.15, 0.2) is 0 Å². The first-order chi connectivity index (χ1) is 4.65. The first-order valence-corrected chi connectivity index (χ1v) is 4.00. The van der Waals surface area contributed by atoms with Crippen molar-refractivity contribution >= 4 is 0 Å². The molecule has 0 aromatic heterocycles. The molecule has 10 heavy (non-hydrogen) atoms. The van der Waals surface area contributed by atoms with E-state index in [0.717, 1.165) is 19.7 Å². The van der Waals surface area contributed by atoms with Crippen LogP contribution in [0, 0.1) is 5.92 Å². The molecular weight excluding hydrogens is 126 g/mol. The maximum Gasteiger partial charge on any atom is 0.0801 e. The SMILES string of the molecule is CC(C)C1(C)CNCCO1.[HH]. The number of ether oxygens (including phenoxy) is 1. The quantitative estimate of drug-likeness (QED) is 0.600. The van der Waals surface area contributed by atoms with Crippen molar-refractivity contribution in [1.29, 1.82) is 0 Å². The average molecular weight is 145 g/mol. The molecule has 1 saturated heterocycles. The lowest BCUT2D eigenvalue weighted by Crippen LogP contribution is -2.50. The van der Waals surface area contributed by atoms with Gasteiger partial charge in [0.25, 0.3) is 0 Å². The Morgan fingerprint density at radius 1 is 1.60 bits per heavy atom. The summed E-state index contributed by atoms with van der Waals surface area (Å²) in [4.78, 5) is 0. The topological polar surface area (TPSA) is 21.3 Å². The van der Waals surface area contributed by atoms with Gasteiger partial charge in [-0.05, 0) is 12.8 Å². The highest BCUT2D eigenvalue weighted by Crippen LogP contribution is 2.21. The Morgan fingerprint density at radius 3 is 2.60 bits per heavy atom. The molecule has 0 amide bonds. The van der Waals surface area contributed by atoms with E-state index in [1.165, 1.54) is 0 Å². The van der Waals surface area contributed by atoms with Gasteiger partial charge in [0.1, 0.15) is 0 Å². The van der Waals surface area contributed by atoms with Gasteiger partial charge in [-0.3, -0.25) is 0 Å². The molecule has 0 bridgehead atoms. The van der Waals surface area contributed by atoms with Crippen molar-refractivity contribution in [2.45, 2.75) is 26.4 Å². The van der Waals surface area contributed by atoms with Gasteiger partial charge in [0.15, 0.2) is 0 Å². The molecular formula is C8H19NO. The van der Waals surface area contributed by atoms with Crippen LogP contribution in [0.2, 0.25) is 0 Å². The van der Waals surface area contributed by atoms with Crippen molar-refractivity contribution in [2.24, 2.45) is 5.92 Å². The van der Waals surface area contributed by atoms with Crippen molar-refractivity contribution < 1.29 is 6.16 Å². The molecule has 0 spiro atoms. The molecule has 0 aromatic rings. The monoisotopic (exact) mass is 145 g/mol. The van der Waals surface area contributed by atoms with E-state index in [0.29, 0.717) is 5.92 Å². The lowest BCUT2D eigenvalue weighted by Gasteiger charge is -2.37. The highest BCUT2D eigenvalue weighted by atomic mass is 16.5. The molecule has 1 heterocycles. The third kappa shape index (κ3) is 1.50. The van der Waals surface area contributed by atoms with E-state index in [1.807, 2.05) is 0 Å². The smallest absolute Gasteiger partial charge is 0.0801 e. The van der Waals surface area contributed by atoms with E-state index in [2.05, 4.69) is 26.1 Å². The second kappa shape index (κ2) is 2.89. The summed E-state index contributed by atoms with van der Waals surface area (Å²) in [6, 6.07) is 0. The molecule has 0 radical (unpaired) electrons. The van der Waals surface area contributed by atoms with Gasteiger partial charge in [0.2, 0.25) is 0 Å². The van der Waals surface area contributed by atoms with Gasteiger partial charge in [-0.25, -0.2) is 0 Å². The summed E-state index contributed by atoms with van der Waals surface area (Å²) in [5, 5.41) is 3.33. The normalized spacial score (nSPS) is 34.8.